The molecule has 0 atom stereocenters. The second kappa shape index (κ2) is 11.3. The molecule has 2 aromatic rings. The SMILES string of the molecule is CCN(CC)c1ccc(/C=N\NC(=O)CCCOc2ccc(Cl)cc2C)cc1. The Hall–Kier alpha value is -2.53. The number of carbonyl (C=O) groups is 1. The molecule has 0 radical (unpaired) electrons. The van der Waals surface area contributed by atoms with Crippen molar-refractivity contribution >= 4 is 29.4 Å². The van der Waals surface area contributed by atoms with E-state index >= 15 is 0 Å². The summed E-state index contributed by atoms with van der Waals surface area (Å²) in [6, 6.07) is 13.6. The zero-order valence-corrected chi connectivity index (χ0v) is 17.5. The number of hydrogen-bond acceptors (Lipinski definition) is 4. The molecule has 0 saturated carbocycles. The molecule has 2 rings (SSSR count). The first-order chi connectivity index (χ1) is 13.5. The maximum atomic E-state index is 11.9. The molecule has 28 heavy (non-hydrogen) atoms. The Kier molecular flexibility index (Phi) is 8.82. The first kappa shape index (κ1) is 21.8. The maximum absolute atomic E-state index is 11.9. The third kappa shape index (κ3) is 6.89. The van der Waals surface area contributed by atoms with Crippen LogP contribution in [0.1, 0.15) is 37.8 Å². The number of anilines is 1. The summed E-state index contributed by atoms with van der Waals surface area (Å²) in [6.07, 6.45) is 2.62. The van der Waals surface area contributed by atoms with Crippen molar-refractivity contribution in [2.75, 3.05) is 24.6 Å². The van der Waals surface area contributed by atoms with Crippen LogP contribution in [0.2, 0.25) is 5.02 Å². The lowest BCUT2D eigenvalue weighted by atomic mass is 10.2. The van der Waals surface area contributed by atoms with Crippen LogP contribution in [-0.2, 0) is 4.79 Å². The van der Waals surface area contributed by atoms with Crippen molar-refractivity contribution < 1.29 is 9.53 Å². The molecule has 0 aliphatic heterocycles. The molecule has 0 fully saturated rings. The highest BCUT2D eigenvalue weighted by atomic mass is 35.5. The van der Waals surface area contributed by atoms with E-state index in [1.54, 1.807) is 12.3 Å². The molecule has 6 heteroatoms. The molecule has 2 aromatic carbocycles. The summed E-state index contributed by atoms with van der Waals surface area (Å²) >= 11 is 5.92. The number of ether oxygens (including phenoxy) is 1. The fraction of sp³-hybridized carbons (Fsp3) is 0.364. The van der Waals surface area contributed by atoms with Gasteiger partial charge in [0.1, 0.15) is 5.75 Å². The van der Waals surface area contributed by atoms with Crippen LogP contribution in [0.15, 0.2) is 47.6 Å². The molecule has 0 heterocycles. The van der Waals surface area contributed by atoms with Gasteiger partial charge in [-0.1, -0.05) is 23.7 Å². The number of hydrogen-bond donors (Lipinski definition) is 1. The summed E-state index contributed by atoms with van der Waals surface area (Å²) in [5, 5.41) is 4.71. The van der Waals surface area contributed by atoms with E-state index in [1.165, 1.54) is 5.69 Å². The standard InChI is InChI=1S/C22H28ClN3O2/c1-4-26(5-2)20-11-8-18(9-12-20)16-24-25-22(27)7-6-14-28-21-13-10-19(23)15-17(21)3/h8-13,15-16H,4-7,14H2,1-3H3,(H,25,27)/b24-16-. The van der Waals surface area contributed by atoms with E-state index in [0.29, 0.717) is 24.5 Å². The topological polar surface area (TPSA) is 53.9 Å². The molecule has 0 bridgehead atoms. The quantitative estimate of drug-likeness (QED) is 0.353. The van der Waals surface area contributed by atoms with Gasteiger partial charge in [0.2, 0.25) is 5.91 Å². The predicted molar refractivity (Wildman–Crippen MR) is 117 cm³/mol. The van der Waals surface area contributed by atoms with Crippen molar-refractivity contribution in [1.29, 1.82) is 0 Å². The molecule has 1 amide bonds. The maximum Gasteiger partial charge on any atom is 0.240 e. The minimum atomic E-state index is -0.132. The van der Waals surface area contributed by atoms with Crippen LogP contribution in [-0.4, -0.2) is 31.8 Å². The van der Waals surface area contributed by atoms with Crippen LogP contribution in [0.3, 0.4) is 0 Å². The Morgan fingerprint density at radius 3 is 2.54 bits per heavy atom. The molecule has 0 saturated heterocycles. The van der Waals surface area contributed by atoms with Crippen LogP contribution in [0, 0.1) is 6.92 Å². The fourth-order valence-corrected chi connectivity index (χ4v) is 3.01. The summed E-state index contributed by atoms with van der Waals surface area (Å²) in [4.78, 5) is 14.1. The van der Waals surface area contributed by atoms with Gasteiger partial charge in [0.25, 0.3) is 0 Å². The van der Waals surface area contributed by atoms with Crippen molar-refractivity contribution in [2.24, 2.45) is 5.10 Å². The van der Waals surface area contributed by atoms with Crippen molar-refractivity contribution in [3.8, 4) is 5.75 Å². The molecule has 5 nitrogen and oxygen atoms in total. The normalized spacial score (nSPS) is 10.9. The third-order valence-electron chi connectivity index (χ3n) is 4.37. The van der Waals surface area contributed by atoms with Gasteiger partial charge in [0, 0.05) is 30.2 Å². The molecule has 0 aliphatic carbocycles. The van der Waals surface area contributed by atoms with Crippen LogP contribution < -0.4 is 15.1 Å². The fourth-order valence-electron chi connectivity index (χ4n) is 2.78. The summed E-state index contributed by atoms with van der Waals surface area (Å²) in [7, 11) is 0. The highest BCUT2D eigenvalue weighted by Gasteiger charge is 2.03. The van der Waals surface area contributed by atoms with E-state index in [4.69, 9.17) is 16.3 Å². The van der Waals surface area contributed by atoms with E-state index in [1.807, 2.05) is 31.2 Å². The predicted octanol–water partition coefficient (Wildman–Crippen LogP) is 4.80. The van der Waals surface area contributed by atoms with Gasteiger partial charge in [0.05, 0.1) is 12.8 Å². The van der Waals surface area contributed by atoms with Gasteiger partial charge >= 0.3 is 0 Å². The van der Waals surface area contributed by atoms with Crippen molar-refractivity contribution in [3.05, 3.63) is 58.6 Å². The molecular weight excluding hydrogens is 374 g/mol. The Bertz CT molecular complexity index is 787. The summed E-state index contributed by atoms with van der Waals surface area (Å²) in [6.45, 7) is 8.62. The molecule has 0 aliphatic rings. The van der Waals surface area contributed by atoms with Gasteiger partial charge < -0.3 is 9.64 Å². The smallest absolute Gasteiger partial charge is 0.240 e. The number of rotatable bonds is 10. The van der Waals surface area contributed by atoms with E-state index in [-0.39, 0.29) is 5.91 Å². The second-order valence-electron chi connectivity index (χ2n) is 6.42. The van der Waals surface area contributed by atoms with Crippen LogP contribution >= 0.6 is 11.6 Å². The number of nitrogens with zero attached hydrogens (tertiary/aromatic N) is 2. The Morgan fingerprint density at radius 1 is 1.18 bits per heavy atom. The van der Waals surface area contributed by atoms with Crippen LogP contribution in [0.4, 0.5) is 5.69 Å². The van der Waals surface area contributed by atoms with Gasteiger partial charge in [-0.15, -0.1) is 0 Å². The monoisotopic (exact) mass is 401 g/mol. The zero-order chi connectivity index (χ0) is 20.4. The minimum absolute atomic E-state index is 0.132. The lowest BCUT2D eigenvalue weighted by Crippen LogP contribution is -2.21. The molecule has 150 valence electrons. The minimum Gasteiger partial charge on any atom is -0.493 e. The van der Waals surface area contributed by atoms with Gasteiger partial charge in [0.15, 0.2) is 0 Å². The molecule has 1 N–H and O–H groups in total. The molecule has 0 spiro atoms. The number of benzene rings is 2. The average Bonchev–Trinajstić information content (AvgIpc) is 2.69. The summed E-state index contributed by atoms with van der Waals surface area (Å²) in [5.74, 6) is 0.656. The molecule has 0 aromatic heterocycles. The first-order valence-electron chi connectivity index (χ1n) is 9.59. The van der Waals surface area contributed by atoms with Gasteiger partial charge in [-0.2, -0.15) is 5.10 Å². The lowest BCUT2D eigenvalue weighted by Gasteiger charge is -2.20. The third-order valence-corrected chi connectivity index (χ3v) is 4.60. The number of amides is 1. The Morgan fingerprint density at radius 2 is 1.89 bits per heavy atom. The van der Waals surface area contributed by atoms with E-state index in [2.05, 4.69) is 41.4 Å². The van der Waals surface area contributed by atoms with Crippen molar-refractivity contribution in [3.63, 3.8) is 0 Å². The van der Waals surface area contributed by atoms with Crippen LogP contribution in [0.5, 0.6) is 5.75 Å². The zero-order valence-electron chi connectivity index (χ0n) is 16.7. The Balaban J connectivity index is 1.70. The number of carbonyl (C=O) groups excluding carboxylic acids is 1. The largest absolute Gasteiger partial charge is 0.493 e. The number of nitrogens with one attached hydrogen (secondary N) is 1. The molecular formula is C22H28ClN3O2. The number of hydrazone groups is 1. The van der Waals surface area contributed by atoms with Gasteiger partial charge in [-0.3, -0.25) is 4.79 Å². The Labute approximate surface area is 172 Å². The lowest BCUT2D eigenvalue weighted by molar-refractivity contribution is -0.121. The van der Waals surface area contributed by atoms with Gasteiger partial charge in [-0.25, -0.2) is 5.43 Å². The van der Waals surface area contributed by atoms with E-state index in [0.717, 1.165) is 30.0 Å². The highest BCUT2D eigenvalue weighted by molar-refractivity contribution is 6.30. The summed E-state index contributed by atoms with van der Waals surface area (Å²) < 4.78 is 5.68. The van der Waals surface area contributed by atoms with Crippen LogP contribution in [0.25, 0.3) is 0 Å². The van der Waals surface area contributed by atoms with Crippen molar-refractivity contribution in [1.82, 2.24) is 5.43 Å². The average molecular weight is 402 g/mol. The van der Waals surface area contributed by atoms with E-state index in [9.17, 15) is 4.79 Å². The van der Waals surface area contributed by atoms with E-state index < -0.39 is 0 Å². The second-order valence-corrected chi connectivity index (χ2v) is 6.86. The summed E-state index contributed by atoms with van der Waals surface area (Å²) in [5.41, 5.74) is 5.66. The number of aryl methyl sites for hydroxylation is 1. The molecule has 0 unspecified atom stereocenters. The van der Waals surface area contributed by atoms with Gasteiger partial charge in [-0.05, 0) is 68.7 Å². The highest BCUT2D eigenvalue weighted by Crippen LogP contribution is 2.21. The number of halogens is 1. The van der Waals surface area contributed by atoms with Crippen molar-refractivity contribution in [2.45, 2.75) is 33.6 Å². The first-order valence-corrected chi connectivity index (χ1v) is 9.97.